The van der Waals surface area contributed by atoms with Crippen LogP contribution in [0.5, 0.6) is 0 Å². The van der Waals surface area contributed by atoms with Crippen LogP contribution in [-0.4, -0.2) is 0 Å². The van der Waals surface area contributed by atoms with Crippen molar-refractivity contribution in [3.05, 3.63) is 218 Å². The lowest BCUT2D eigenvalue weighted by molar-refractivity contribution is 0.668. The van der Waals surface area contributed by atoms with E-state index in [4.69, 9.17) is 8.83 Å². The normalized spacial score (nSPS) is 11.7. The Bertz CT molecular complexity index is 3570. The Morgan fingerprint density at radius 1 is 0.283 bits per heavy atom. The fraction of sp³-hybridized carbons (Fsp3) is 0. The van der Waals surface area contributed by atoms with Crippen LogP contribution in [-0.2, 0) is 0 Å². The first-order chi connectivity index (χ1) is 29.7. The van der Waals surface area contributed by atoms with Gasteiger partial charge in [0.25, 0.3) is 0 Å². The molecule has 0 atom stereocenters. The van der Waals surface area contributed by atoms with Gasteiger partial charge in [0.1, 0.15) is 22.3 Å². The first kappa shape index (κ1) is 34.0. The van der Waals surface area contributed by atoms with Crippen molar-refractivity contribution in [2.75, 3.05) is 9.80 Å². The molecule has 0 radical (unpaired) electrons. The summed E-state index contributed by atoms with van der Waals surface area (Å²) in [5, 5.41) is 9.18. The Morgan fingerprint density at radius 2 is 0.833 bits per heavy atom. The molecule has 0 saturated carbocycles. The van der Waals surface area contributed by atoms with E-state index < -0.39 is 0 Å². The quantitative estimate of drug-likeness (QED) is 0.151. The fourth-order valence-electron chi connectivity index (χ4n) is 9.13. The van der Waals surface area contributed by atoms with Crippen LogP contribution in [0.3, 0.4) is 0 Å². The van der Waals surface area contributed by atoms with E-state index in [0.717, 1.165) is 89.1 Å². The van der Waals surface area contributed by atoms with E-state index in [9.17, 15) is 0 Å². The van der Waals surface area contributed by atoms with Crippen molar-refractivity contribution >= 4 is 99.5 Å². The molecule has 4 heteroatoms. The minimum Gasteiger partial charge on any atom is -0.456 e. The molecule has 4 nitrogen and oxygen atoms in total. The molecule has 0 spiro atoms. The van der Waals surface area contributed by atoms with Crippen molar-refractivity contribution in [2.24, 2.45) is 0 Å². The Morgan fingerprint density at radius 3 is 1.60 bits per heavy atom. The van der Waals surface area contributed by atoms with Gasteiger partial charge in [0.2, 0.25) is 0 Å². The molecular formula is C56H36N2O2. The SMILES string of the molecule is c1ccc(N(c2cc(-c3cc4ccccc4c4ccccc34)cc(N(c3ccccc3)c3cccc4oc5ccccc5c34)c2)c2ccc3oc4ccccc4c3c2)cc1. The van der Waals surface area contributed by atoms with E-state index in [2.05, 4.69) is 204 Å². The summed E-state index contributed by atoms with van der Waals surface area (Å²) in [6.45, 7) is 0. The van der Waals surface area contributed by atoms with Gasteiger partial charge < -0.3 is 18.6 Å². The number of fused-ring (bicyclic) bond motifs is 9. The molecule has 0 bridgehead atoms. The van der Waals surface area contributed by atoms with Crippen molar-refractivity contribution in [3.8, 4) is 11.1 Å². The van der Waals surface area contributed by atoms with E-state index in [-0.39, 0.29) is 0 Å². The second-order valence-corrected chi connectivity index (χ2v) is 15.3. The molecule has 282 valence electrons. The lowest BCUT2D eigenvalue weighted by Crippen LogP contribution is -2.14. The molecule has 10 aromatic carbocycles. The predicted molar refractivity (Wildman–Crippen MR) is 251 cm³/mol. The minimum absolute atomic E-state index is 0.845. The molecule has 2 heterocycles. The zero-order chi connectivity index (χ0) is 39.6. The van der Waals surface area contributed by atoms with Gasteiger partial charge in [-0.05, 0) is 124 Å². The highest BCUT2D eigenvalue weighted by Gasteiger charge is 2.24. The summed E-state index contributed by atoms with van der Waals surface area (Å²) in [5.41, 5.74) is 11.9. The second kappa shape index (κ2) is 13.8. The van der Waals surface area contributed by atoms with Gasteiger partial charge >= 0.3 is 0 Å². The Kier molecular flexibility index (Phi) is 7.82. The summed E-state index contributed by atoms with van der Waals surface area (Å²) < 4.78 is 12.8. The lowest BCUT2D eigenvalue weighted by atomic mass is 9.92. The molecule has 0 aliphatic heterocycles. The summed E-state index contributed by atoms with van der Waals surface area (Å²) in [4.78, 5) is 4.75. The highest BCUT2D eigenvalue weighted by molar-refractivity contribution is 6.16. The molecule has 12 aromatic rings. The van der Waals surface area contributed by atoms with E-state index in [0.29, 0.717) is 0 Å². The predicted octanol–water partition coefficient (Wildman–Crippen LogP) is 16.4. The number of hydrogen-bond donors (Lipinski definition) is 0. The zero-order valence-corrected chi connectivity index (χ0v) is 32.5. The maximum absolute atomic E-state index is 6.49. The minimum atomic E-state index is 0.845. The maximum atomic E-state index is 6.49. The Hall–Kier alpha value is -8.08. The molecular weight excluding hydrogens is 733 g/mol. The number of furan rings is 2. The van der Waals surface area contributed by atoms with Crippen molar-refractivity contribution in [3.63, 3.8) is 0 Å². The van der Waals surface area contributed by atoms with Gasteiger partial charge in [0, 0.05) is 44.6 Å². The molecule has 60 heavy (non-hydrogen) atoms. The average Bonchev–Trinajstić information content (AvgIpc) is 3.88. The molecule has 0 amide bonds. The fourth-order valence-corrected chi connectivity index (χ4v) is 9.13. The summed E-state index contributed by atoms with van der Waals surface area (Å²) in [6.07, 6.45) is 0. The molecule has 2 aromatic heterocycles. The second-order valence-electron chi connectivity index (χ2n) is 15.3. The van der Waals surface area contributed by atoms with Crippen LogP contribution < -0.4 is 9.80 Å². The first-order valence-corrected chi connectivity index (χ1v) is 20.3. The van der Waals surface area contributed by atoms with Crippen molar-refractivity contribution < 1.29 is 8.83 Å². The van der Waals surface area contributed by atoms with Gasteiger partial charge in [-0.2, -0.15) is 0 Å². The molecule has 0 saturated heterocycles. The number of hydrogen-bond acceptors (Lipinski definition) is 4. The van der Waals surface area contributed by atoms with Crippen LogP contribution in [0.25, 0.3) is 76.5 Å². The summed E-state index contributed by atoms with van der Waals surface area (Å²) in [7, 11) is 0. The monoisotopic (exact) mass is 768 g/mol. The summed E-state index contributed by atoms with van der Waals surface area (Å²) in [5.74, 6) is 0. The summed E-state index contributed by atoms with van der Waals surface area (Å²) >= 11 is 0. The molecule has 0 aliphatic carbocycles. The van der Waals surface area contributed by atoms with Crippen LogP contribution >= 0.6 is 0 Å². The number of rotatable bonds is 7. The maximum Gasteiger partial charge on any atom is 0.137 e. The number of anilines is 6. The zero-order valence-electron chi connectivity index (χ0n) is 32.5. The molecule has 0 N–H and O–H groups in total. The molecule has 0 aliphatic rings. The largest absolute Gasteiger partial charge is 0.456 e. The van der Waals surface area contributed by atoms with Crippen LogP contribution in [0.15, 0.2) is 227 Å². The van der Waals surface area contributed by atoms with Crippen LogP contribution in [0, 0.1) is 0 Å². The average molecular weight is 769 g/mol. The number of benzene rings is 10. The van der Waals surface area contributed by atoms with Gasteiger partial charge in [-0.1, -0.05) is 127 Å². The van der Waals surface area contributed by atoms with Crippen LogP contribution in [0.2, 0.25) is 0 Å². The van der Waals surface area contributed by atoms with Gasteiger partial charge in [0.05, 0.1) is 11.1 Å². The third kappa shape index (κ3) is 5.53. The van der Waals surface area contributed by atoms with Gasteiger partial charge in [0.15, 0.2) is 0 Å². The van der Waals surface area contributed by atoms with E-state index in [1.54, 1.807) is 0 Å². The van der Waals surface area contributed by atoms with Crippen molar-refractivity contribution in [2.45, 2.75) is 0 Å². The van der Waals surface area contributed by atoms with Gasteiger partial charge in [-0.3, -0.25) is 0 Å². The third-order valence-corrected chi connectivity index (χ3v) is 11.8. The summed E-state index contributed by atoms with van der Waals surface area (Å²) in [6, 6.07) is 77.7. The lowest BCUT2D eigenvalue weighted by Gasteiger charge is -2.31. The topological polar surface area (TPSA) is 32.8 Å². The van der Waals surface area contributed by atoms with Crippen molar-refractivity contribution in [1.29, 1.82) is 0 Å². The Balaban J connectivity index is 1.18. The van der Waals surface area contributed by atoms with Crippen LogP contribution in [0.1, 0.15) is 0 Å². The first-order valence-electron chi connectivity index (χ1n) is 20.3. The highest BCUT2D eigenvalue weighted by Crippen LogP contribution is 2.48. The number of para-hydroxylation sites is 4. The molecule has 0 fully saturated rings. The van der Waals surface area contributed by atoms with Crippen molar-refractivity contribution in [1.82, 2.24) is 0 Å². The highest BCUT2D eigenvalue weighted by atomic mass is 16.3. The standard InChI is InChI=1S/C56H36N2O2/c1-3-17-39(18-4-1)57(41-30-31-54-50(36-41)47-24-11-13-27-52(47)59-54)42-32-38(49-34-37-16-7-8-21-44(37)45-22-9-10-23-46(45)49)33-43(35-42)58(40-19-5-2-6-20-40)51-26-15-29-55-56(51)48-25-12-14-28-53(48)60-55/h1-36H. The van der Waals surface area contributed by atoms with Crippen LogP contribution in [0.4, 0.5) is 34.1 Å². The number of nitrogens with zero attached hydrogens (tertiary/aromatic N) is 2. The smallest absolute Gasteiger partial charge is 0.137 e. The van der Waals surface area contributed by atoms with Gasteiger partial charge in [-0.15, -0.1) is 0 Å². The van der Waals surface area contributed by atoms with Gasteiger partial charge in [-0.25, -0.2) is 0 Å². The van der Waals surface area contributed by atoms with E-state index >= 15 is 0 Å². The Labute approximate surface area is 346 Å². The van der Waals surface area contributed by atoms with E-state index in [1.165, 1.54) is 21.5 Å². The van der Waals surface area contributed by atoms with E-state index in [1.807, 2.05) is 24.3 Å². The molecule has 0 unspecified atom stereocenters. The third-order valence-electron chi connectivity index (χ3n) is 11.8. The molecule has 12 rings (SSSR count).